The van der Waals surface area contributed by atoms with Crippen molar-refractivity contribution < 1.29 is 4.74 Å². The van der Waals surface area contributed by atoms with E-state index in [1.165, 1.54) is 27.7 Å². The third-order valence-electron chi connectivity index (χ3n) is 8.75. The van der Waals surface area contributed by atoms with Crippen molar-refractivity contribution in [1.82, 2.24) is 18.9 Å². The van der Waals surface area contributed by atoms with Gasteiger partial charge in [-0.15, -0.1) is 0 Å². The van der Waals surface area contributed by atoms with Gasteiger partial charge in [0.15, 0.2) is 0 Å². The molecule has 3 heterocycles. The van der Waals surface area contributed by atoms with E-state index in [1.54, 1.807) is 0 Å². The molecule has 6 heteroatoms. The number of hydrogen-bond acceptors (Lipinski definition) is 3. The minimum Gasteiger partial charge on any atom is -0.393 e. The van der Waals surface area contributed by atoms with Crippen LogP contribution in [0.1, 0.15) is 22.3 Å². The van der Waals surface area contributed by atoms with Crippen LogP contribution < -0.4 is 10.2 Å². The van der Waals surface area contributed by atoms with Crippen LogP contribution in [-0.2, 0) is 0 Å². The van der Waals surface area contributed by atoms with E-state index in [4.69, 9.17) is 14.7 Å². The molecule has 0 N–H and O–H groups in total. The summed E-state index contributed by atoms with van der Waals surface area (Å²) in [7, 11) is 0. The summed E-state index contributed by atoms with van der Waals surface area (Å²) in [5.41, 5.74) is 14.6. The Balaban J connectivity index is 1.55. The average Bonchev–Trinajstić information content (AvgIpc) is 3.53. The highest BCUT2D eigenvalue weighted by molar-refractivity contribution is 6.75. The Hall–Kier alpha value is -5.10. The molecule has 5 aromatic carbocycles. The van der Waals surface area contributed by atoms with Crippen LogP contribution in [-0.4, -0.2) is 25.9 Å². The van der Waals surface area contributed by atoms with E-state index in [9.17, 15) is 0 Å². The van der Waals surface area contributed by atoms with Crippen molar-refractivity contribution in [2.45, 2.75) is 27.7 Å². The molecular weight excluding hydrogens is 515 g/mol. The number of aryl methyl sites for hydroxylation is 4. The second kappa shape index (κ2) is 9.21. The monoisotopic (exact) mass is 544 g/mol. The highest BCUT2D eigenvalue weighted by Gasteiger charge is 2.41. The van der Waals surface area contributed by atoms with Crippen molar-refractivity contribution in [3.63, 3.8) is 0 Å². The van der Waals surface area contributed by atoms with Gasteiger partial charge >= 0.3 is 6.98 Å². The van der Waals surface area contributed by atoms with Crippen molar-refractivity contribution in [2.24, 2.45) is 0 Å². The van der Waals surface area contributed by atoms with Crippen LogP contribution in [0, 0.1) is 27.7 Å². The molecule has 0 saturated carbocycles. The quantitative estimate of drug-likeness (QED) is 0.213. The Morgan fingerprint density at radius 3 is 1.40 bits per heavy atom. The molecule has 1 aliphatic heterocycles. The predicted octanol–water partition coefficient (Wildman–Crippen LogP) is 7.85. The minimum absolute atomic E-state index is 0.297. The number of hydrogen-bond donors (Lipinski definition) is 0. The summed E-state index contributed by atoms with van der Waals surface area (Å²) < 4.78 is 11.1. The molecule has 42 heavy (non-hydrogen) atoms. The molecule has 7 aromatic rings. The Morgan fingerprint density at radius 2 is 0.952 bits per heavy atom. The number of benzene rings is 5. The van der Waals surface area contributed by atoms with Gasteiger partial charge in [-0.25, -0.2) is 0 Å². The molecule has 5 nitrogen and oxygen atoms in total. The van der Waals surface area contributed by atoms with Gasteiger partial charge < -0.3 is 13.7 Å². The van der Waals surface area contributed by atoms with Crippen LogP contribution in [0.5, 0.6) is 12.0 Å². The normalized spacial score (nSPS) is 12.4. The van der Waals surface area contributed by atoms with Crippen LogP contribution in [0.3, 0.4) is 0 Å². The summed E-state index contributed by atoms with van der Waals surface area (Å²) in [6, 6.07) is 37.8. The summed E-state index contributed by atoms with van der Waals surface area (Å²) in [5, 5.41) is 0. The first-order valence-electron chi connectivity index (χ1n) is 14.4. The fourth-order valence-corrected chi connectivity index (χ4v) is 6.31. The van der Waals surface area contributed by atoms with E-state index in [0.717, 1.165) is 44.3 Å². The number of ether oxygens (including phenoxy) is 1. The topological polar surface area (TPSA) is 44.9 Å². The Bertz CT molecular complexity index is 2010. The van der Waals surface area contributed by atoms with Crippen molar-refractivity contribution in [1.29, 1.82) is 0 Å². The van der Waals surface area contributed by atoms with E-state index in [2.05, 4.69) is 140 Å². The summed E-state index contributed by atoms with van der Waals surface area (Å²) in [6.45, 7) is 8.28. The molecule has 2 aromatic heterocycles. The van der Waals surface area contributed by atoms with Gasteiger partial charge in [-0.3, -0.25) is 0 Å². The average molecular weight is 544 g/mol. The number of imidazole rings is 2. The smallest absolute Gasteiger partial charge is 0.393 e. The number of aromatic nitrogens is 4. The molecule has 202 valence electrons. The van der Waals surface area contributed by atoms with E-state index >= 15 is 0 Å². The number of nitrogens with zero attached hydrogens (tertiary/aromatic N) is 4. The van der Waals surface area contributed by atoms with Gasteiger partial charge in [0.05, 0.1) is 22.1 Å². The molecule has 0 fully saturated rings. The van der Waals surface area contributed by atoms with E-state index in [0.29, 0.717) is 12.0 Å². The molecule has 0 amide bonds. The lowest BCUT2D eigenvalue weighted by Gasteiger charge is -2.29. The van der Waals surface area contributed by atoms with Crippen LogP contribution in [0.15, 0.2) is 103 Å². The largest absolute Gasteiger partial charge is 0.429 e. The van der Waals surface area contributed by atoms with Gasteiger partial charge in [-0.2, -0.15) is 9.97 Å². The highest BCUT2D eigenvalue weighted by Crippen LogP contribution is 2.38. The Labute approximate surface area is 245 Å². The first kappa shape index (κ1) is 24.7. The molecule has 0 atom stereocenters. The van der Waals surface area contributed by atoms with E-state index in [1.807, 2.05) is 0 Å². The number of fused-ring (bicyclic) bond motifs is 6. The zero-order valence-corrected chi connectivity index (χ0v) is 24.1. The van der Waals surface area contributed by atoms with Crippen molar-refractivity contribution in [3.05, 3.63) is 125 Å². The number of rotatable bonds is 3. The first-order valence-corrected chi connectivity index (χ1v) is 14.4. The lowest BCUT2D eigenvalue weighted by Crippen LogP contribution is -2.49. The summed E-state index contributed by atoms with van der Waals surface area (Å²) in [5.74, 6) is 0. The second-order valence-electron chi connectivity index (χ2n) is 11.4. The SMILES string of the molecule is Cc1cc2nc3n(c2cc1C)B(c1c(-c2ccccc2)cccc1-c1ccccc1)n1c(nc2cc(C)c(C)cc21)O3. The standard InChI is InChI=1S/C36H29BN4O/c1-22-18-30-32(20-24(22)3)40-35(38-30)42-36-39-31-19-23(2)25(4)21-33(31)41(36)37(40)34-28(26-12-7-5-8-13-26)16-11-17-29(34)27-14-9-6-10-15-27/h5-21H,1-4H3. The molecule has 0 unspecified atom stereocenters. The summed E-state index contributed by atoms with van der Waals surface area (Å²) in [4.78, 5) is 10.1. The van der Waals surface area contributed by atoms with Crippen molar-refractivity contribution in [2.75, 3.05) is 0 Å². The van der Waals surface area contributed by atoms with E-state index in [-0.39, 0.29) is 6.98 Å². The first-order chi connectivity index (χ1) is 20.5. The van der Waals surface area contributed by atoms with Gasteiger partial charge in [0.2, 0.25) is 0 Å². The molecule has 0 bridgehead atoms. The van der Waals surface area contributed by atoms with Crippen LogP contribution in [0.25, 0.3) is 44.3 Å². The Kier molecular flexibility index (Phi) is 5.41. The van der Waals surface area contributed by atoms with Crippen molar-refractivity contribution >= 4 is 34.5 Å². The lowest BCUT2D eigenvalue weighted by molar-refractivity contribution is 0.393. The molecular formula is C36H29BN4O. The maximum atomic E-state index is 6.55. The maximum absolute atomic E-state index is 6.55. The van der Waals surface area contributed by atoms with Gasteiger partial charge in [0.25, 0.3) is 12.0 Å². The van der Waals surface area contributed by atoms with Gasteiger partial charge in [-0.05, 0) is 102 Å². The van der Waals surface area contributed by atoms with Crippen LogP contribution in [0.2, 0.25) is 0 Å². The van der Waals surface area contributed by atoms with Crippen LogP contribution >= 0.6 is 0 Å². The third kappa shape index (κ3) is 3.65. The van der Waals surface area contributed by atoms with Gasteiger partial charge in [0.1, 0.15) is 0 Å². The zero-order valence-electron chi connectivity index (χ0n) is 24.1. The molecule has 0 saturated heterocycles. The van der Waals surface area contributed by atoms with Crippen LogP contribution in [0.4, 0.5) is 0 Å². The summed E-state index contributed by atoms with van der Waals surface area (Å²) >= 11 is 0. The minimum atomic E-state index is -0.297. The highest BCUT2D eigenvalue weighted by atomic mass is 16.5. The third-order valence-corrected chi connectivity index (χ3v) is 8.75. The molecule has 1 aliphatic rings. The van der Waals surface area contributed by atoms with Crippen molar-refractivity contribution in [3.8, 4) is 34.3 Å². The molecule has 8 rings (SSSR count). The zero-order chi connectivity index (χ0) is 28.5. The molecule has 0 aliphatic carbocycles. The predicted molar refractivity (Wildman–Crippen MR) is 172 cm³/mol. The van der Waals surface area contributed by atoms with Gasteiger partial charge in [-0.1, -0.05) is 78.9 Å². The lowest BCUT2D eigenvalue weighted by atomic mass is 9.61. The fraction of sp³-hybridized carbons (Fsp3) is 0.111. The summed E-state index contributed by atoms with van der Waals surface area (Å²) in [6.07, 6.45) is 0. The Morgan fingerprint density at radius 1 is 0.524 bits per heavy atom. The maximum Gasteiger partial charge on any atom is 0.429 e. The van der Waals surface area contributed by atoms with Gasteiger partial charge in [0, 0.05) is 0 Å². The molecule has 0 radical (unpaired) electrons. The van der Waals surface area contributed by atoms with E-state index < -0.39 is 0 Å². The fourth-order valence-electron chi connectivity index (χ4n) is 6.31. The molecule has 0 spiro atoms. The second-order valence-corrected chi connectivity index (χ2v) is 11.4.